The number of hydrogen-bond acceptors (Lipinski definition) is 3. The number of nitrogens with one attached hydrogen (secondary N) is 2. The van der Waals surface area contributed by atoms with E-state index in [4.69, 9.17) is 21.1 Å². The Bertz CT molecular complexity index is 399. The molecular formula is C12H17ClN2O3. The zero-order valence-electron chi connectivity index (χ0n) is 10.5. The van der Waals surface area contributed by atoms with Gasteiger partial charge in [-0.3, -0.25) is 0 Å². The van der Waals surface area contributed by atoms with Crippen LogP contribution in [0, 0.1) is 0 Å². The Hall–Kier alpha value is -1.46. The van der Waals surface area contributed by atoms with Gasteiger partial charge in [0.15, 0.2) is 0 Å². The van der Waals surface area contributed by atoms with Crippen LogP contribution in [0.25, 0.3) is 0 Å². The summed E-state index contributed by atoms with van der Waals surface area (Å²) in [4.78, 5) is 11.6. The van der Waals surface area contributed by atoms with E-state index >= 15 is 0 Å². The van der Waals surface area contributed by atoms with E-state index in [0.717, 1.165) is 0 Å². The maximum Gasteiger partial charge on any atom is 0.319 e. The summed E-state index contributed by atoms with van der Waals surface area (Å²) in [6.07, 6.45) is 0. The molecule has 0 fully saturated rings. The second kappa shape index (κ2) is 7.79. The fraction of sp³-hybridized carbons (Fsp3) is 0.417. The van der Waals surface area contributed by atoms with Crippen LogP contribution in [0.15, 0.2) is 18.2 Å². The van der Waals surface area contributed by atoms with Crippen LogP contribution < -0.4 is 15.4 Å². The number of methoxy groups -OCH3 is 1. The largest absolute Gasteiger partial charge is 0.492 e. The first-order valence-corrected chi connectivity index (χ1v) is 6.01. The Balaban J connectivity index is 2.63. The number of urea groups is 1. The fourth-order valence-electron chi connectivity index (χ4n) is 1.31. The maximum atomic E-state index is 11.6. The molecule has 0 saturated heterocycles. The van der Waals surface area contributed by atoms with Gasteiger partial charge in [-0.1, -0.05) is 11.6 Å². The van der Waals surface area contributed by atoms with Gasteiger partial charge in [0.2, 0.25) is 0 Å². The van der Waals surface area contributed by atoms with Crippen LogP contribution in [0.2, 0.25) is 5.02 Å². The lowest BCUT2D eigenvalue weighted by atomic mass is 10.3. The molecule has 2 amide bonds. The highest BCUT2D eigenvalue weighted by Gasteiger charge is 2.08. The number of ether oxygens (including phenoxy) is 2. The average molecular weight is 273 g/mol. The molecule has 0 unspecified atom stereocenters. The minimum atomic E-state index is -0.324. The number of hydrogen-bond donors (Lipinski definition) is 2. The van der Waals surface area contributed by atoms with Crippen LogP contribution in [0.5, 0.6) is 5.75 Å². The van der Waals surface area contributed by atoms with Crippen LogP contribution >= 0.6 is 11.6 Å². The Morgan fingerprint density at radius 3 is 2.89 bits per heavy atom. The highest BCUT2D eigenvalue weighted by molar-refractivity contribution is 6.31. The Kier molecular flexibility index (Phi) is 6.32. The molecule has 0 aliphatic heterocycles. The van der Waals surface area contributed by atoms with Gasteiger partial charge in [0.05, 0.1) is 18.9 Å². The van der Waals surface area contributed by atoms with Crippen molar-refractivity contribution in [1.82, 2.24) is 5.32 Å². The van der Waals surface area contributed by atoms with E-state index in [0.29, 0.717) is 36.2 Å². The van der Waals surface area contributed by atoms with Gasteiger partial charge in [0.1, 0.15) is 5.75 Å². The highest BCUT2D eigenvalue weighted by Crippen LogP contribution is 2.27. The first kappa shape index (κ1) is 14.6. The number of carbonyl (C=O) groups excluding carboxylic acids is 1. The van der Waals surface area contributed by atoms with Crippen molar-refractivity contribution < 1.29 is 14.3 Å². The molecule has 1 aromatic rings. The monoisotopic (exact) mass is 272 g/mol. The van der Waals surface area contributed by atoms with Crippen molar-refractivity contribution in [3.63, 3.8) is 0 Å². The summed E-state index contributed by atoms with van der Waals surface area (Å²) < 4.78 is 10.2. The standard InChI is InChI=1S/C12H17ClN2O3/c1-3-18-11-5-4-9(13)8-10(11)15-12(16)14-6-7-17-2/h4-5,8H,3,6-7H2,1-2H3,(H2,14,15,16). The SMILES string of the molecule is CCOc1ccc(Cl)cc1NC(=O)NCCOC. The second-order valence-electron chi connectivity index (χ2n) is 3.45. The highest BCUT2D eigenvalue weighted by atomic mass is 35.5. The lowest BCUT2D eigenvalue weighted by Gasteiger charge is -2.12. The number of carbonyl (C=O) groups is 1. The van der Waals surface area contributed by atoms with Crippen LogP contribution in [0.1, 0.15) is 6.92 Å². The van der Waals surface area contributed by atoms with Gasteiger partial charge in [0.25, 0.3) is 0 Å². The summed E-state index contributed by atoms with van der Waals surface area (Å²) in [5.41, 5.74) is 0.541. The predicted molar refractivity (Wildman–Crippen MR) is 71.5 cm³/mol. The minimum absolute atomic E-state index is 0.324. The third-order valence-electron chi connectivity index (χ3n) is 2.08. The zero-order valence-corrected chi connectivity index (χ0v) is 11.2. The maximum absolute atomic E-state index is 11.6. The third-order valence-corrected chi connectivity index (χ3v) is 2.32. The molecule has 1 rings (SSSR count). The van der Waals surface area contributed by atoms with E-state index in [1.807, 2.05) is 6.92 Å². The van der Waals surface area contributed by atoms with Gasteiger partial charge >= 0.3 is 6.03 Å². The second-order valence-corrected chi connectivity index (χ2v) is 3.88. The van der Waals surface area contributed by atoms with E-state index in [9.17, 15) is 4.79 Å². The molecule has 0 spiro atoms. The summed E-state index contributed by atoms with van der Waals surface area (Å²) in [7, 11) is 1.57. The van der Waals surface area contributed by atoms with Crippen LogP contribution in [0.4, 0.5) is 10.5 Å². The van der Waals surface area contributed by atoms with Gasteiger partial charge in [-0.05, 0) is 25.1 Å². The molecule has 1 aromatic carbocycles. The van der Waals surface area contributed by atoms with Crippen LogP contribution in [0.3, 0.4) is 0 Å². The van der Waals surface area contributed by atoms with Crippen LogP contribution in [-0.4, -0.2) is 32.9 Å². The van der Waals surface area contributed by atoms with Gasteiger partial charge in [0, 0.05) is 18.7 Å². The molecule has 2 N–H and O–H groups in total. The summed E-state index contributed by atoms with van der Waals surface area (Å²) >= 11 is 5.88. The summed E-state index contributed by atoms with van der Waals surface area (Å²) in [5, 5.41) is 5.86. The molecule has 0 aliphatic carbocycles. The normalized spacial score (nSPS) is 9.94. The number of benzene rings is 1. The van der Waals surface area contributed by atoms with Crippen molar-refractivity contribution >= 4 is 23.3 Å². The molecule has 0 atom stereocenters. The Morgan fingerprint density at radius 1 is 1.44 bits per heavy atom. The van der Waals surface area contributed by atoms with Crippen molar-refractivity contribution in [2.75, 3.05) is 32.2 Å². The van der Waals surface area contributed by atoms with E-state index in [2.05, 4.69) is 10.6 Å². The van der Waals surface area contributed by atoms with Gasteiger partial charge in [-0.25, -0.2) is 4.79 Å². The molecule has 6 heteroatoms. The van der Waals surface area contributed by atoms with E-state index in [-0.39, 0.29) is 6.03 Å². The first-order valence-electron chi connectivity index (χ1n) is 5.63. The molecule has 18 heavy (non-hydrogen) atoms. The zero-order chi connectivity index (χ0) is 13.4. The number of rotatable bonds is 6. The van der Waals surface area contributed by atoms with Crippen LogP contribution in [-0.2, 0) is 4.74 Å². The molecule has 5 nitrogen and oxygen atoms in total. The van der Waals surface area contributed by atoms with E-state index in [1.54, 1.807) is 25.3 Å². The first-order chi connectivity index (χ1) is 8.67. The van der Waals surface area contributed by atoms with E-state index < -0.39 is 0 Å². The Morgan fingerprint density at radius 2 is 2.22 bits per heavy atom. The van der Waals surface area contributed by atoms with Gasteiger partial charge in [-0.15, -0.1) is 0 Å². The lowest BCUT2D eigenvalue weighted by Crippen LogP contribution is -2.31. The third kappa shape index (κ3) is 4.81. The van der Waals surface area contributed by atoms with E-state index in [1.165, 1.54) is 0 Å². The molecule has 100 valence electrons. The smallest absolute Gasteiger partial charge is 0.319 e. The topological polar surface area (TPSA) is 59.6 Å². The number of halogens is 1. The minimum Gasteiger partial charge on any atom is -0.492 e. The molecule has 0 radical (unpaired) electrons. The number of amides is 2. The van der Waals surface area contributed by atoms with Gasteiger partial charge in [-0.2, -0.15) is 0 Å². The van der Waals surface area contributed by atoms with Crippen molar-refractivity contribution in [3.8, 4) is 5.75 Å². The fourth-order valence-corrected chi connectivity index (χ4v) is 1.49. The summed E-state index contributed by atoms with van der Waals surface area (Å²) in [5.74, 6) is 0.587. The lowest BCUT2D eigenvalue weighted by molar-refractivity contribution is 0.198. The average Bonchev–Trinajstić information content (AvgIpc) is 2.33. The Labute approximate surface area is 111 Å². The van der Waals surface area contributed by atoms with Crippen molar-refractivity contribution in [2.45, 2.75) is 6.92 Å². The quantitative estimate of drug-likeness (QED) is 0.782. The summed E-state index contributed by atoms with van der Waals surface area (Å²) in [6, 6.07) is 4.75. The van der Waals surface area contributed by atoms with Crippen molar-refractivity contribution in [3.05, 3.63) is 23.2 Å². The van der Waals surface area contributed by atoms with Crippen molar-refractivity contribution in [2.24, 2.45) is 0 Å². The molecule has 0 saturated carbocycles. The molecule has 0 heterocycles. The molecule has 0 aromatic heterocycles. The van der Waals surface area contributed by atoms with Gasteiger partial charge < -0.3 is 20.1 Å². The summed E-state index contributed by atoms with van der Waals surface area (Å²) in [6.45, 7) is 3.28. The predicted octanol–water partition coefficient (Wildman–Crippen LogP) is 2.51. The van der Waals surface area contributed by atoms with Crippen molar-refractivity contribution in [1.29, 1.82) is 0 Å². The molecule has 0 aliphatic rings. The number of anilines is 1. The molecular weight excluding hydrogens is 256 g/mol. The molecule has 0 bridgehead atoms.